The average molecular weight is 550 g/mol. The molecule has 212 valence electrons. The topological polar surface area (TPSA) is 81.7 Å². The minimum Gasteiger partial charge on any atom is -0.384 e. The van der Waals surface area contributed by atoms with Gasteiger partial charge in [0, 0.05) is 49.4 Å². The highest BCUT2D eigenvalue weighted by Crippen LogP contribution is 2.32. The summed E-state index contributed by atoms with van der Waals surface area (Å²) in [6.07, 6.45) is 2.90. The second kappa shape index (κ2) is 13.2. The molecule has 0 radical (unpaired) electrons. The molecule has 4 rings (SSSR count). The number of hydrogen-bond donors (Lipinski definition) is 3. The van der Waals surface area contributed by atoms with E-state index in [-0.39, 0.29) is 24.3 Å². The largest absolute Gasteiger partial charge is 0.384 e. The minimum absolute atomic E-state index is 0.144. The Bertz CT molecular complexity index is 1300. The van der Waals surface area contributed by atoms with Crippen LogP contribution in [0.15, 0.2) is 72.8 Å². The molecule has 1 saturated heterocycles. The van der Waals surface area contributed by atoms with Gasteiger partial charge in [-0.25, -0.2) is 8.78 Å². The van der Waals surface area contributed by atoms with E-state index in [0.29, 0.717) is 42.6 Å². The maximum absolute atomic E-state index is 14.0. The first-order valence-electron chi connectivity index (χ1n) is 13.8. The van der Waals surface area contributed by atoms with E-state index in [1.54, 1.807) is 36.2 Å². The molecule has 3 aromatic rings. The lowest BCUT2D eigenvalue weighted by Gasteiger charge is -2.25. The van der Waals surface area contributed by atoms with E-state index in [2.05, 4.69) is 17.6 Å². The number of nitrogens with one attached hydrogen (secondary N) is 2. The predicted molar refractivity (Wildman–Crippen MR) is 151 cm³/mol. The van der Waals surface area contributed by atoms with E-state index in [1.165, 1.54) is 12.1 Å². The van der Waals surface area contributed by atoms with Gasteiger partial charge in [-0.1, -0.05) is 49.7 Å². The third-order valence-electron chi connectivity index (χ3n) is 7.45. The van der Waals surface area contributed by atoms with Crippen molar-refractivity contribution < 1.29 is 23.5 Å². The van der Waals surface area contributed by atoms with Crippen LogP contribution >= 0.6 is 0 Å². The molecule has 0 bridgehead atoms. The second-order valence-corrected chi connectivity index (χ2v) is 10.7. The fourth-order valence-corrected chi connectivity index (χ4v) is 5.33. The lowest BCUT2D eigenvalue weighted by molar-refractivity contribution is 0.0553. The van der Waals surface area contributed by atoms with E-state index >= 15 is 0 Å². The minimum atomic E-state index is -1.05. The van der Waals surface area contributed by atoms with Crippen molar-refractivity contribution in [2.75, 3.05) is 20.1 Å². The lowest BCUT2D eigenvalue weighted by atomic mass is 9.89. The molecule has 1 unspecified atom stereocenters. The van der Waals surface area contributed by atoms with Crippen LogP contribution in [0.5, 0.6) is 0 Å². The van der Waals surface area contributed by atoms with Gasteiger partial charge in [0.05, 0.1) is 0 Å². The van der Waals surface area contributed by atoms with Crippen LogP contribution in [0.2, 0.25) is 0 Å². The van der Waals surface area contributed by atoms with E-state index in [9.17, 15) is 23.5 Å². The highest BCUT2D eigenvalue weighted by atomic mass is 19.1. The Hall–Kier alpha value is -3.62. The summed E-state index contributed by atoms with van der Waals surface area (Å²) >= 11 is 0. The van der Waals surface area contributed by atoms with Crippen molar-refractivity contribution >= 4 is 11.8 Å². The number of benzene rings is 3. The number of β-amino-alcohol motifs (C(OH)–C–C–N with tert-alkyl or cyclic N) is 1. The molecule has 3 atom stereocenters. The zero-order valence-corrected chi connectivity index (χ0v) is 23.0. The molecule has 8 heteroatoms. The Morgan fingerprint density at radius 1 is 1.05 bits per heavy atom. The Kier molecular flexibility index (Phi) is 9.66. The molecule has 3 aromatic carbocycles. The van der Waals surface area contributed by atoms with E-state index in [4.69, 9.17) is 0 Å². The van der Waals surface area contributed by atoms with Gasteiger partial charge in [0.2, 0.25) is 0 Å². The fourth-order valence-electron chi connectivity index (χ4n) is 5.33. The van der Waals surface area contributed by atoms with E-state index in [0.717, 1.165) is 24.5 Å². The number of rotatable bonds is 11. The van der Waals surface area contributed by atoms with Crippen molar-refractivity contribution in [3.63, 3.8) is 0 Å². The molecule has 6 nitrogen and oxygen atoms in total. The Morgan fingerprint density at radius 2 is 1.75 bits per heavy atom. The number of carbonyl (C=O) groups is 2. The SMILES string of the molecule is CCCCN(C)C(=O)c1cccc(C(=O)N[C@@H](Cc2cc(F)cc(F)c2)C[C@H]2CC(O)(c3ccccc3)CN2)c1. The van der Waals surface area contributed by atoms with Crippen LogP contribution in [-0.4, -0.2) is 54.0 Å². The summed E-state index contributed by atoms with van der Waals surface area (Å²) in [5, 5.41) is 17.6. The summed E-state index contributed by atoms with van der Waals surface area (Å²) in [4.78, 5) is 27.9. The first-order valence-corrected chi connectivity index (χ1v) is 13.8. The van der Waals surface area contributed by atoms with Crippen molar-refractivity contribution in [1.29, 1.82) is 0 Å². The molecule has 1 aliphatic rings. The van der Waals surface area contributed by atoms with Gasteiger partial charge < -0.3 is 20.6 Å². The average Bonchev–Trinajstić information content (AvgIpc) is 3.32. The summed E-state index contributed by atoms with van der Waals surface area (Å²) in [5.41, 5.74) is 0.915. The Morgan fingerprint density at radius 3 is 2.45 bits per heavy atom. The molecule has 40 heavy (non-hydrogen) atoms. The highest BCUT2D eigenvalue weighted by molar-refractivity contribution is 5.99. The summed E-state index contributed by atoms with van der Waals surface area (Å²) in [7, 11) is 1.74. The predicted octanol–water partition coefficient (Wildman–Crippen LogP) is 4.82. The normalized spacial score (nSPS) is 19.3. The monoisotopic (exact) mass is 549 g/mol. The first-order chi connectivity index (χ1) is 19.2. The molecule has 3 N–H and O–H groups in total. The number of carbonyl (C=O) groups excluding carboxylic acids is 2. The highest BCUT2D eigenvalue weighted by Gasteiger charge is 2.39. The van der Waals surface area contributed by atoms with Crippen LogP contribution in [-0.2, 0) is 12.0 Å². The number of nitrogens with zero attached hydrogens (tertiary/aromatic N) is 1. The number of amides is 2. The number of aliphatic hydroxyl groups is 1. The summed E-state index contributed by atoms with van der Waals surface area (Å²) in [6, 6.07) is 18.7. The van der Waals surface area contributed by atoms with Gasteiger partial charge in [-0.05, 0) is 67.1 Å². The number of halogens is 2. The van der Waals surface area contributed by atoms with Gasteiger partial charge in [0.15, 0.2) is 0 Å². The van der Waals surface area contributed by atoms with Crippen molar-refractivity contribution in [1.82, 2.24) is 15.5 Å². The van der Waals surface area contributed by atoms with Gasteiger partial charge in [-0.15, -0.1) is 0 Å². The van der Waals surface area contributed by atoms with Crippen LogP contribution in [0.1, 0.15) is 64.4 Å². The van der Waals surface area contributed by atoms with Gasteiger partial charge in [0.25, 0.3) is 11.8 Å². The van der Waals surface area contributed by atoms with Gasteiger partial charge in [-0.3, -0.25) is 9.59 Å². The zero-order chi connectivity index (χ0) is 28.7. The second-order valence-electron chi connectivity index (χ2n) is 10.7. The van der Waals surface area contributed by atoms with Crippen LogP contribution in [0.25, 0.3) is 0 Å². The van der Waals surface area contributed by atoms with Gasteiger partial charge >= 0.3 is 0 Å². The fraction of sp³-hybridized carbons (Fsp3) is 0.375. The van der Waals surface area contributed by atoms with Crippen molar-refractivity contribution in [3.8, 4) is 0 Å². The third kappa shape index (κ3) is 7.52. The third-order valence-corrected chi connectivity index (χ3v) is 7.45. The number of hydrogen-bond acceptors (Lipinski definition) is 4. The molecule has 0 spiro atoms. The van der Waals surface area contributed by atoms with Crippen LogP contribution < -0.4 is 10.6 Å². The van der Waals surface area contributed by atoms with Crippen molar-refractivity contribution in [2.24, 2.45) is 0 Å². The van der Waals surface area contributed by atoms with Crippen molar-refractivity contribution in [2.45, 2.75) is 56.7 Å². The maximum atomic E-state index is 14.0. The molecule has 1 aliphatic heterocycles. The first kappa shape index (κ1) is 29.4. The molecule has 1 fully saturated rings. The Labute approximate surface area is 234 Å². The standard InChI is InChI=1S/C32H37F2N3O3/c1-3-4-13-37(2)31(39)24-10-8-9-23(17-24)30(38)36-28(16-22-14-26(33)18-27(34)15-22)19-29-20-32(40,21-35-29)25-11-6-5-7-12-25/h5-12,14-15,17-18,28-29,35,40H,3-4,13,16,19-21H2,1-2H3,(H,36,38)/t28-,29-,32?/m0/s1. The summed E-state index contributed by atoms with van der Waals surface area (Å²) in [5.74, 6) is -1.92. The number of unbranched alkanes of at least 4 members (excludes halogenated alkanes) is 1. The quantitative estimate of drug-likeness (QED) is 0.321. The maximum Gasteiger partial charge on any atom is 0.253 e. The molecule has 0 aliphatic carbocycles. The lowest BCUT2D eigenvalue weighted by Crippen LogP contribution is -2.41. The van der Waals surface area contributed by atoms with Crippen LogP contribution in [0, 0.1) is 11.6 Å². The van der Waals surface area contributed by atoms with Crippen LogP contribution in [0.3, 0.4) is 0 Å². The smallest absolute Gasteiger partial charge is 0.253 e. The van der Waals surface area contributed by atoms with Crippen LogP contribution in [0.4, 0.5) is 8.78 Å². The molecule has 1 heterocycles. The zero-order valence-electron chi connectivity index (χ0n) is 23.0. The van der Waals surface area contributed by atoms with Gasteiger partial charge in [-0.2, -0.15) is 0 Å². The van der Waals surface area contributed by atoms with Gasteiger partial charge in [0.1, 0.15) is 17.2 Å². The molecular weight excluding hydrogens is 512 g/mol. The molecule has 0 saturated carbocycles. The Balaban J connectivity index is 1.51. The summed E-state index contributed by atoms with van der Waals surface area (Å²) < 4.78 is 27.9. The van der Waals surface area contributed by atoms with E-state index in [1.807, 2.05) is 30.3 Å². The molecule has 0 aromatic heterocycles. The molecular formula is C32H37F2N3O3. The van der Waals surface area contributed by atoms with E-state index < -0.39 is 23.3 Å². The summed E-state index contributed by atoms with van der Waals surface area (Å²) in [6.45, 7) is 3.04. The molecule has 2 amide bonds. The van der Waals surface area contributed by atoms with Crippen molar-refractivity contribution in [3.05, 3.63) is 107 Å².